The maximum atomic E-state index is 13.0. The first-order chi connectivity index (χ1) is 11.8. The van der Waals surface area contributed by atoms with Crippen molar-refractivity contribution in [3.8, 4) is 0 Å². The number of primary amides is 1. The summed E-state index contributed by atoms with van der Waals surface area (Å²) in [6, 6.07) is 3.69. The number of hydrogen-bond donors (Lipinski definition) is 1. The van der Waals surface area contributed by atoms with Crippen molar-refractivity contribution in [2.45, 2.75) is 18.8 Å². The van der Waals surface area contributed by atoms with Crippen LogP contribution in [0.1, 0.15) is 27.1 Å². The van der Waals surface area contributed by atoms with E-state index in [1.165, 1.54) is 12.1 Å². The number of halogens is 7. The van der Waals surface area contributed by atoms with Crippen molar-refractivity contribution in [3.63, 3.8) is 0 Å². The molecule has 11 heteroatoms. The number of carbonyl (C=O) groups is 2. The fraction of sp³-hybridized carbons (Fsp3) is 0.467. The Bertz CT molecular complexity index is 697. The van der Waals surface area contributed by atoms with Crippen molar-refractivity contribution < 1.29 is 35.9 Å². The van der Waals surface area contributed by atoms with Crippen LogP contribution in [0.2, 0.25) is 0 Å². The summed E-state index contributed by atoms with van der Waals surface area (Å²) in [7, 11) is 0. The van der Waals surface area contributed by atoms with E-state index in [2.05, 4.69) is 15.9 Å². The molecule has 0 unspecified atom stereocenters. The molecule has 1 aliphatic heterocycles. The van der Waals surface area contributed by atoms with E-state index < -0.39 is 55.5 Å². The summed E-state index contributed by atoms with van der Waals surface area (Å²) in [5.41, 5.74) is 4.51. The predicted octanol–water partition coefficient (Wildman–Crippen LogP) is 3.75. The highest BCUT2D eigenvalue weighted by molar-refractivity contribution is 9.10. The van der Waals surface area contributed by atoms with E-state index in [4.69, 9.17) is 5.73 Å². The number of benzene rings is 1. The monoisotopic (exact) mass is 446 g/mol. The maximum absolute atomic E-state index is 13.0. The van der Waals surface area contributed by atoms with Gasteiger partial charge in [0.05, 0.1) is 23.0 Å². The normalized spacial score (nSPS) is 21.6. The van der Waals surface area contributed by atoms with Gasteiger partial charge in [0.25, 0.3) is 5.91 Å². The molecule has 2 amide bonds. The van der Waals surface area contributed by atoms with E-state index in [0.717, 1.165) is 6.07 Å². The molecule has 2 N–H and O–H groups in total. The van der Waals surface area contributed by atoms with Gasteiger partial charge in [-0.3, -0.25) is 9.59 Å². The minimum atomic E-state index is -4.88. The lowest BCUT2D eigenvalue weighted by atomic mass is 9.87. The summed E-state index contributed by atoms with van der Waals surface area (Å²) in [5, 5.41) is 0. The van der Waals surface area contributed by atoms with Gasteiger partial charge in [0, 0.05) is 17.6 Å². The fourth-order valence-corrected chi connectivity index (χ4v) is 3.18. The molecule has 1 aromatic rings. The number of amides is 2. The molecule has 2 rings (SSSR count). The first-order valence-corrected chi connectivity index (χ1v) is 8.12. The number of alkyl halides is 6. The molecule has 144 valence electrons. The Morgan fingerprint density at radius 3 is 1.92 bits per heavy atom. The number of hydrogen-bond acceptors (Lipinski definition) is 2. The second-order valence-electron chi connectivity index (χ2n) is 5.98. The molecule has 26 heavy (non-hydrogen) atoms. The first kappa shape index (κ1) is 20.5. The maximum Gasteiger partial charge on any atom is 0.393 e. The van der Waals surface area contributed by atoms with Crippen LogP contribution in [0.25, 0.3) is 0 Å². The van der Waals surface area contributed by atoms with Gasteiger partial charge in [-0.15, -0.1) is 0 Å². The van der Waals surface area contributed by atoms with Crippen molar-refractivity contribution in [1.82, 2.24) is 4.90 Å². The minimum Gasteiger partial charge on any atom is -0.366 e. The zero-order chi connectivity index (χ0) is 19.9. The second-order valence-corrected chi connectivity index (χ2v) is 6.89. The number of piperidine rings is 1. The zero-order valence-corrected chi connectivity index (χ0v) is 14.6. The van der Waals surface area contributed by atoms with Crippen LogP contribution < -0.4 is 5.73 Å². The smallest absolute Gasteiger partial charge is 0.366 e. The average molecular weight is 447 g/mol. The molecule has 0 aliphatic carbocycles. The molecule has 2 atom stereocenters. The number of rotatable bonds is 2. The Morgan fingerprint density at radius 1 is 1.00 bits per heavy atom. The van der Waals surface area contributed by atoms with Crippen LogP contribution in [0.4, 0.5) is 26.3 Å². The zero-order valence-electron chi connectivity index (χ0n) is 13.0. The third-order valence-electron chi connectivity index (χ3n) is 4.14. The molecule has 1 fully saturated rings. The van der Waals surface area contributed by atoms with Crippen LogP contribution in [0.5, 0.6) is 0 Å². The van der Waals surface area contributed by atoms with Gasteiger partial charge >= 0.3 is 12.4 Å². The number of nitrogens with zero attached hydrogens (tertiary/aromatic N) is 1. The van der Waals surface area contributed by atoms with Gasteiger partial charge in [0.1, 0.15) is 0 Å². The number of nitrogens with two attached hydrogens (primary N) is 1. The van der Waals surface area contributed by atoms with Gasteiger partial charge in [-0.1, -0.05) is 15.9 Å². The Morgan fingerprint density at radius 2 is 1.50 bits per heavy atom. The van der Waals surface area contributed by atoms with E-state index in [9.17, 15) is 35.9 Å². The molecular formula is C15H13BrF6N2O2. The largest absolute Gasteiger partial charge is 0.393 e. The van der Waals surface area contributed by atoms with Crippen LogP contribution in [0.15, 0.2) is 22.7 Å². The Hall–Kier alpha value is -1.78. The number of likely N-dealkylation sites (tertiary alicyclic amines) is 1. The molecule has 0 radical (unpaired) electrons. The SMILES string of the molecule is NC(=O)c1ccc(Br)cc1C(=O)N1C[C@H](C(F)(F)F)C[C@H](C(F)(F)F)C1. The van der Waals surface area contributed by atoms with E-state index in [0.29, 0.717) is 9.37 Å². The van der Waals surface area contributed by atoms with Crippen molar-refractivity contribution in [1.29, 1.82) is 0 Å². The highest BCUT2D eigenvalue weighted by Crippen LogP contribution is 2.41. The van der Waals surface area contributed by atoms with Gasteiger partial charge in [-0.25, -0.2) is 0 Å². The molecule has 0 spiro atoms. The molecule has 1 aromatic carbocycles. The second kappa shape index (κ2) is 7.09. The lowest BCUT2D eigenvalue weighted by molar-refractivity contribution is -0.226. The van der Waals surface area contributed by atoms with Crippen molar-refractivity contribution in [2.24, 2.45) is 17.6 Å². The Kier molecular flexibility index (Phi) is 5.60. The van der Waals surface area contributed by atoms with Crippen LogP contribution in [0.3, 0.4) is 0 Å². The molecule has 1 saturated heterocycles. The van der Waals surface area contributed by atoms with Gasteiger partial charge in [0.2, 0.25) is 5.91 Å². The van der Waals surface area contributed by atoms with Crippen LogP contribution in [0, 0.1) is 11.8 Å². The van der Waals surface area contributed by atoms with E-state index >= 15 is 0 Å². The topological polar surface area (TPSA) is 63.4 Å². The summed E-state index contributed by atoms with van der Waals surface area (Å²) in [6.45, 7) is -1.83. The third-order valence-corrected chi connectivity index (χ3v) is 4.63. The minimum absolute atomic E-state index is 0.282. The summed E-state index contributed by atoms with van der Waals surface area (Å²) < 4.78 is 78.5. The average Bonchev–Trinajstić information content (AvgIpc) is 2.51. The molecule has 4 nitrogen and oxygen atoms in total. The Balaban J connectivity index is 2.41. The van der Waals surface area contributed by atoms with Crippen LogP contribution in [-0.2, 0) is 0 Å². The fourth-order valence-electron chi connectivity index (χ4n) is 2.82. The van der Waals surface area contributed by atoms with Crippen molar-refractivity contribution in [3.05, 3.63) is 33.8 Å². The van der Waals surface area contributed by atoms with Gasteiger partial charge in [0.15, 0.2) is 0 Å². The predicted molar refractivity (Wildman–Crippen MR) is 82.3 cm³/mol. The molecule has 0 saturated carbocycles. The van der Waals surface area contributed by atoms with Crippen LogP contribution >= 0.6 is 15.9 Å². The lowest BCUT2D eigenvalue weighted by Gasteiger charge is -2.39. The van der Waals surface area contributed by atoms with Gasteiger partial charge in [-0.2, -0.15) is 26.3 Å². The molecular weight excluding hydrogens is 434 g/mol. The quantitative estimate of drug-likeness (QED) is 0.703. The standard InChI is InChI=1S/C15H13BrF6N2O2/c16-9-1-2-10(12(23)25)11(4-9)13(26)24-5-7(14(17,18)19)3-8(6-24)15(20,21)22/h1-2,4,7-8H,3,5-6H2,(H2,23,25)/t7-,8+. The van der Waals surface area contributed by atoms with Crippen LogP contribution in [-0.4, -0.2) is 42.2 Å². The van der Waals surface area contributed by atoms with E-state index in [1.807, 2.05) is 0 Å². The Labute approximate surface area is 152 Å². The summed E-state index contributed by atoms with van der Waals surface area (Å²) in [6.07, 6.45) is -10.9. The lowest BCUT2D eigenvalue weighted by Crippen LogP contribution is -2.51. The van der Waals surface area contributed by atoms with Gasteiger partial charge < -0.3 is 10.6 Å². The number of carbonyl (C=O) groups excluding carboxylic acids is 2. The molecule has 0 bridgehead atoms. The van der Waals surface area contributed by atoms with Crippen molar-refractivity contribution >= 4 is 27.7 Å². The molecule has 1 aliphatic rings. The molecule has 0 aromatic heterocycles. The van der Waals surface area contributed by atoms with E-state index in [-0.39, 0.29) is 11.1 Å². The summed E-state index contributed by atoms with van der Waals surface area (Å²) in [4.78, 5) is 24.5. The summed E-state index contributed by atoms with van der Waals surface area (Å²) in [5.74, 6) is -6.74. The highest BCUT2D eigenvalue weighted by atomic mass is 79.9. The highest BCUT2D eigenvalue weighted by Gasteiger charge is 2.52. The van der Waals surface area contributed by atoms with Gasteiger partial charge in [-0.05, 0) is 24.6 Å². The summed E-state index contributed by atoms with van der Waals surface area (Å²) >= 11 is 3.04. The third kappa shape index (κ3) is 4.49. The first-order valence-electron chi connectivity index (χ1n) is 7.32. The van der Waals surface area contributed by atoms with E-state index in [1.54, 1.807) is 0 Å². The van der Waals surface area contributed by atoms with Crippen molar-refractivity contribution in [2.75, 3.05) is 13.1 Å². The molecule has 1 heterocycles.